The molecule has 1 fully saturated rings. The summed E-state index contributed by atoms with van der Waals surface area (Å²) in [4.78, 5) is 225. The fourth-order valence-electron chi connectivity index (χ4n) is 10.9. The van der Waals surface area contributed by atoms with Gasteiger partial charge in [-0.2, -0.15) is 11.8 Å². The number of carbonyl (C=O) groups is 16. The summed E-state index contributed by atoms with van der Waals surface area (Å²) >= 11 is 1.43. The van der Waals surface area contributed by atoms with Crippen molar-refractivity contribution >= 4 is 123 Å². The second-order valence-corrected chi connectivity index (χ2v) is 26.3. The number of fused-ring (bicyclic) bond motifs is 1. The van der Waals surface area contributed by atoms with Gasteiger partial charge in [-0.05, 0) is 81.1 Å². The molecule has 5 rings (SSSR count). The third-order valence-corrected chi connectivity index (χ3v) is 17.6. The lowest BCUT2D eigenvalue weighted by Crippen LogP contribution is -2.60. The maximum Gasteiger partial charge on any atom is 0.243 e. The molecule has 1 saturated heterocycles. The molecule has 2 aromatic carbocycles. The van der Waals surface area contributed by atoms with Crippen LogP contribution in [0.4, 0.5) is 0 Å². The summed E-state index contributed by atoms with van der Waals surface area (Å²) in [5.74, 6) is -14.6. The molecule has 0 spiro atoms. The van der Waals surface area contributed by atoms with Gasteiger partial charge in [0.2, 0.25) is 94.5 Å². The van der Waals surface area contributed by atoms with Gasteiger partial charge in [-0.1, -0.05) is 68.8 Å². The smallest absolute Gasteiger partial charge is 0.243 e. The quantitative estimate of drug-likeness (QED) is 0.0111. The van der Waals surface area contributed by atoms with Crippen LogP contribution >= 0.6 is 11.8 Å². The van der Waals surface area contributed by atoms with E-state index >= 15 is 0 Å². The summed E-state index contributed by atoms with van der Waals surface area (Å²) in [5.41, 5.74) is 24.0. The third kappa shape index (κ3) is 28.5. The van der Waals surface area contributed by atoms with Crippen LogP contribution < -0.4 is 97.4 Å². The minimum Gasteiger partial charge on any atom is -0.370 e. The first-order chi connectivity index (χ1) is 50.3. The van der Waals surface area contributed by atoms with Gasteiger partial charge in [-0.15, -0.1) is 0 Å². The Morgan fingerprint density at radius 3 is 1.73 bits per heavy atom. The molecular weight excluding hydrogens is 1400 g/mol. The van der Waals surface area contributed by atoms with E-state index in [1.807, 2.05) is 6.26 Å². The summed E-state index contributed by atoms with van der Waals surface area (Å²) < 4.78 is 0. The normalized spacial score (nSPS) is 15.5. The van der Waals surface area contributed by atoms with Crippen LogP contribution in [-0.2, 0) is 96.0 Å². The first-order valence-corrected chi connectivity index (χ1v) is 35.6. The fraction of sp³-hybridized carbons (Fsp3) is 0.493. The number of nitrogens with zero attached hydrogens (tertiary/aromatic N) is 1. The second-order valence-electron chi connectivity index (χ2n) is 25.3. The van der Waals surface area contributed by atoms with E-state index in [0.717, 1.165) is 0 Å². The van der Waals surface area contributed by atoms with Gasteiger partial charge in [0.15, 0.2) is 5.96 Å². The molecule has 25 N–H and O–H groups in total. The molecule has 0 unspecified atom stereocenters. The molecule has 106 heavy (non-hydrogen) atoms. The van der Waals surface area contributed by atoms with Crippen LogP contribution in [0.1, 0.15) is 102 Å². The highest BCUT2D eigenvalue weighted by Crippen LogP contribution is 2.20. The average Bonchev–Trinajstić information content (AvgIpc) is 1.69. The van der Waals surface area contributed by atoms with Crippen molar-refractivity contribution in [2.24, 2.45) is 28.9 Å². The Morgan fingerprint density at radius 2 is 1.13 bits per heavy atom. The number of aromatic nitrogens is 3. The molecule has 0 bridgehead atoms. The molecule has 0 radical (unpaired) electrons. The van der Waals surface area contributed by atoms with Crippen LogP contribution in [0.2, 0.25) is 0 Å². The first kappa shape index (κ1) is 85.0. The number of amides is 16. The number of rotatable bonds is 45. The van der Waals surface area contributed by atoms with E-state index in [9.17, 15) is 76.7 Å². The summed E-state index contributed by atoms with van der Waals surface area (Å²) in [5, 5.41) is 43.1. The molecule has 1 aliphatic heterocycles. The molecule has 576 valence electrons. The molecule has 2 aromatic heterocycles. The lowest BCUT2D eigenvalue weighted by molar-refractivity contribution is -0.136. The van der Waals surface area contributed by atoms with Crippen molar-refractivity contribution in [1.29, 1.82) is 5.41 Å². The van der Waals surface area contributed by atoms with E-state index < -0.39 is 193 Å². The van der Waals surface area contributed by atoms with E-state index in [-0.39, 0.29) is 69.8 Å². The van der Waals surface area contributed by atoms with Crippen LogP contribution in [0.5, 0.6) is 0 Å². The van der Waals surface area contributed by atoms with E-state index in [2.05, 4.69) is 89.4 Å². The number of hydrogen-bond donors (Lipinski definition) is 21. The topological polar surface area (TPSA) is 614 Å². The average molecular weight is 1500 g/mol. The van der Waals surface area contributed by atoms with E-state index in [4.69, 9.17) is 28.3 Å². The molecule has 4 aromatic rings. The van der Waals surface area contributed by atoms with Crippen molar-refractivity contribution in [3.63, 3.8) is 0 Å². The third-order valence-electron chi connectivity index (χ3n) is 17.0. The minimum atomic E-state index is -1.84. The number of guanidine groups is 1. The Bertz CT molecular complexity index is 3780. The maximum atomic E-state index is 14.5. The molecule has 39 heteroatoms. The second kappa shape index (κ2) is 42.8. The SMILES string of the molecule is CC[C@H](C)[C@H](NC(=O)[C@H](C)NC(=O)[C@H](Cc1c[nH]c2ccccc12)NC(=O)[C@H](CCC(N)=O)NC(=O)[C@H](CC(N)=O)NC(=O)CNC(=O)[C@H](C)NC(=O)[C@H](CCCNC(=N)N)NC(=O)[C@@H]1CCC(=O)N1)C(=O)NCC(=O)N[C@@H](Cc1c[nH]cn1)C(=O)N[C@@H](Cc1ccccc1)C(=O)N[C@@H](CCSC)C(N)=O. The molecule has 0 aliphatic carbocycles. The standard InChI is InChI=1S/C67H96N22O16S/c1-6-34(2)55(66(105)77-32-54(94)82-48(27-39-30-73-33-78-39)64(103)87-46(25-37-13-8-7-9-14-37)63(102)84-42(56(70)95)22-24-106-5)89-58(97)36(4)80-62(101)47(26-38-29-75-41-16-11-10-15-40(38)41)88-61(100)45(18-20-50(68)90)86-65(104)49(28-51(69)91)83-53(93)31-76-57(96)35(3)79-59(98)43(17-12-23-74-67(71)72)85-60(99)44-19-21-52(92)81-44/h7-11,13-16,29-30,33-36,42-49,55,75H,6,12,17-28,31-32H2,1-5H3,(H2,68,90)(H2,69,91)(H2,70,95)(H,73,78)(H,76,96)(H,77,105)(H,79,98)(H,80,101)(H,81,92)(H,82,94)(H,83,93)(H,84,102)(H,85,99)(H,86,104)(H,87,103)(H,88,100)(H,89,97)(H4,71,72,74)/t34-,35-,36-,42-,43-,44-,45-,46-,47-,48-,49-,55-/m0/s1. The predicted octanol–water partition coefficient (Wildman–Crippen LogP) is -5.99. The van der Waals surface area contributed by atoms with Gasteiger partial charge in [0.25, 0.3) is 0 Å². The van der Waals surface area contributed by atoms with E-state index in [1.165, 1.54) is 38.1 Å². The van der Waals surface area contributed by atoms with Crippen LogP contribution in [0.15, 0.2) is 73.3 Å². The van der Waals surface area contributed by atoms with Crippen molar-refractivity contribution < 1.29 is 76.7 Å². The Labute approximate surface area is 614 Å². The maximum absolute atomic E-state index is 14.5. The van der Waals surface area contributed by atoms with Crippen molar-refractivity contribution in [1.82, 2.24) is 89.4 Å². The number of thioether (sulfide) groups is 1. The highest BCUT2D eigenvalue weighted by Gasteiger charge is 2.37. The lowest BCUT2D eigenvalue weighted by atomic mass is 9.98. The number of H-pyrrole nitrogens is 2. The lowest BCUT2D eigenvalue weighted by Gasteiger charge is -2.27. The molecule has 38 nitrogen and oxygen atoms in total. The van der Waals surface area contributed by atoms with Gasteiger partial charge in [-0.3, -0.25) is 82.1 Å². The summed E-state index contributed by atoms with van der Waals surface area (Å²) in [6, 6.07) is 0.471. The number of nitrogens with two attached hydrogens (primary N) is 4. The first-order valence-electron chi connectivity index (χ1n) is 34.2. The zero-order valence-electron chi connectivity index (χ0n) is 59.4. The van der Waals surface area contributed by atoms with Crippen molar-refractivity contribution in [2.45, 2.75) is 171 Å². The highest BCUT2D eigenvalue weighted by molar-refractivity contribution is 7.98. The van der Waals surface area contributed by atoms with E-state index in [1.54, 1.807) is 74.6 Å². The van der Waals surface area contributed by atoms with Crippen LogP contribution in [0, 0.1) is 11.3 Å². The van der Waals surface area contributed by atoms with Gasteiger partial charge >= 0.3 is 0 Å². The number of aromatic amines is 2. The summed E-state index contributed by atoms with van der Waals surface area (Å²) in [7, 11) is 0. The highest BCUT2D eigenvalue weighted by atomic mass is 32.2. The number of benzene rings is 2. The molecule has 3 heterocycles. The molecule has 1 aliphatic rings. The number of hydrogen-bond acceptors (Lipinski definition) is 19. The Hall–Kier alpha value is -11.7. The number of nitrogens with one attached hydrogen (secondary N) is 17. The number of imidazole rings is 1. The monoisotopic (exact) mass is 1500 g/mol. The zero-order chi connectivity index (χ0) is 78.2. The van der Waals surface area contributed by atoms with Gasteiger partial charge in [0, 0.05) is 61.9 Å². The largest absolute Gasteiger partial charge is 0.370 e. The number of carbonyl (C=O) groups excluding carboxylic acids is 16. The molecular formula is C67H96N22O16S. The predicted molar refractivity (Wildman–Crippen MR) is 385 cm³/mol. The Kier molecular flexibility index (Phi) is 34.3. The summed E-state index contributed by atoms with van der Waals surface area (Å²) in [6.45, 7) is 4.46. The van der Waals surface area contributed by atoms with Gasteiger partial charge < -0.3 is 107 Å². The number of primary amides is 3. The van der Waals surface area contributed by atoms with Crippen molar-refractivity contribution in [3.05, 3.63) is 90.1 Å². The van der Waals surface area contributed by atoms with Crippen LogP contribution in [0.3, 0.4) is 0 Å². The Morgan fingerprint density at radius 1 is 0.575 bits per heavy atom. The summed E-state index contributed by atoms with van der Waals surface area (Å²) in [6.07, 6.45) is 4.82. The van der Waals surface area contributed by atoms with Crippen LogP contribution in [0.25, 0.3) is 10.9 Å². The van der Waals surface area contributed by atoms with Gasteiger partial charge in [0.05, 0.1) is 31.5 Å². The van der Waals surface area contributed by atoms with Gasteiger partial charge in [-0.25, -0.2) is 4.98 Å². The van der Waals surface area contributed by atoms with Crippen molar-refractivity contribution in [3.8, 4) is 0 Å². The van der Waals surface area contributed by atoms with Crippen molar-refractivity contribution in [2.75, 3.05) is 31.6 Å². The van der Waals surface area contributed by atoms with Crippen LogP contribution in [-0.4, -0.2) is 214 Å². The number of para-hydroxylation sites is 1. The molecule has 0 saturated carbocycles. The van der Waals surface area contributed by atoms with Gasteiger partial charge in [0.1, 0.15) is 66.5 Å². The van der Waals surface area contributed by atoms with E-state index in [0.29, 0.717) is 39.9 Å². The molecule has 16 amide bonds. The fourth-order valence-corrected chi connectivity index (χ4v) is 11.4. The Balaban J connectivity index is 1.26. The zero-order valence-corrected chi connectivity index (χ0v) is 60.2. The minimum absolute atomic E-state index is 0.00104. The molecule has 12 atom stereocenters.